The van der Waals surface area contributed by atoms with Crippen LogP contribution in [0.4, 0.5) is 0 Å². The van der Waals surface area contributed by atoms with Crippen molar-refractivity contribution in [3.63, 3.8) is 0 Å². The Balaban J connectivity index is 1.76. The summed E-state index contributed by atoms with van der Waals surface area (Å²) in [6.45, 7) is 9.98. The molecule has 0 aliphatic carbocycles. The van der Waals surface area contributed by atoms with Crippen molar-refractivity contribution >= 4 is 11.6 Å². The molecule has 1 aromatic rings. The lowest BCUT2D eigenvalue weighted by atomic mass is 10.2. The molecule has 1 aliphatic heterocycles. The number of quaternary nitrogens is 2. The molecule has 1 saturated heterocycles. The van der Waals surface area contributed by atoms with Gasteiger partial charge in [0.25, 0.3) is 0 Å². The third-order valence-electron chi connectivity index (χ3n) is 3.59. The number of nitrogens with two attached hydrogens (primary N) is 1. The second-order valence-electron chi connectivity index (χ2n) is 5.08. The average Bonchev–Trinajstić information content (AvgIpc) is 2.47. The van der Waals surface area contributed by atoms with Crippen molar-refractivity contribution in [3.8, 4) is 5.75 Å². The molecule has 5 heteroatoms. The fourth-order valence-corrected chi connectivity index (χ4v) is 2.67. The highest BCUT2D eigenvalue weighted by Crippen LogP contribution is 2.21. The van der Waals surface area contributed by atoms with Crippen molar-refractivity contribution in [3.05, 3.63) is 28.8 Å². The molecule has 0 amide bonds. The van der Waals surface area contributed by atoms with Crippen LogP contribution in [0.15, 0.2) is 18.2 Å². The van der Waals surface area contributed by atoms with Crippen LogP contribution in [0.2, 0.25) is 5.02 Å². The van der Waals surface area contributed by atoms with Gasteiger partial charge in [0.1, 0.15) is 38.5 Å². The molecule has 1 aliphatic rings. The molecule has 0 radical (unpaired) electrons. The highest BCUT2D eigenvalue weighted by Gasteiger charge is 2.14. The molecule has 0 bridgehead atoms. The Hall–Kier alpha value is -0.810. The third kappa shape index (κ3) is 4.94. The van der Waals surface area contributed by atoms with Gasteiger partial charge in [-0.05, 0) is 25.1 Å². The molecule has 112 valence electrons. The summed E-state index contributed by atoms with van der Waals surface area (Å²) in [5.41, 5.74) is 1.18. The van der Waals surface area contributed by atoms with E-state index >= 15 is 0 Å². The predicted molar refractivity (Wildman–Crippen MR) is 79.5 cm³/mol. The fraction of sp³-hybridized carbons (Fsp3) is 0.600. The zero-order valence-electron chi connectivity index (χ0n) is 12.2. The van der Waals surface area contributed by atoms with E-state index in [0.717, 1.165) is 50.2 Å². The number of rotatable bonds is 7. The Morgan fingerprint density at radius 3 is 2.90 bits per heavy atom. The summed E-state index contributed by atoms with van der Waals surface area (Å²) in [5, 5.41) is 3.10. The minimum absolute atomic E-state index is 0.687. The van der Waals surface area contributed by atoms with Gasteiger partial charge in [-0.2, -0.15) is 0 Å². The maximum absolute atomic E-state index is 6.06. The van der Waals surface area contributed by atoms with Crippen LogP contribution in [0.25, 0.3) is 0 Å². The van der Waals surface area contributed by atoms with Gasteiger partial charge in [-0.15, -0.1) is 0 Å². The Morgan fingerprint density at radius 1 is 1.35 bits per heavy atom. The number of hydrogen-bond donors (Lipinski definition) is 2. The van der Waals surface area contributed by atoms with E-state index in [1.54, 1.807) is 4.90 Å². The van der Waals surface area contributed by atoms with Crippen LogP contribution in [-0.4, -0.2) is 46.0 Å². The summed E-state index contributed by atoms with van der Waals surface area (Å²) >= 11 is 6.06. The minimum atomic E-state index is 0.687. The van der Waals surface area contributed by atoms with Gasteiger partial charge in [-0.25, -0.2) is 0 Å². The monoisotopic (exact) mass is 300 g/mol. The van der Waals surface area contributed by atoms with Crippen LogP contribution < -0.4 is 15.0 Å². The molecular formula is C15H25ClN2O2+2. The number of benzene rings is 1. The predicted octanol–water partition coefficient (Wildman–Crippen LogP) is -0.283. The van der Waals surface area contributed by atoms with Gasteiger partial charge in [0.05, 0.1) is 19.8 Å². The molecule has 2 rings (SSSR count). The number of hydrogen-bond acceptors (Lipinski definition) is 2. The summed E-state index contributed by atoms with van der Waals surface area (Å²) in [7, 11) is 0. The molecule has 0 atom stereocenters. The maximum atomic E-state index is 6.06. The molecule has 1 fully saturated rings. The van der Waals surface area contributed by atoms with Crippen LogP contribution >= 0.6 is 11.6 Å². The van der Waals surface area contributed by atoms with Crippen LogP contribution in [0.5, 0.6) is 5.75 Å². The van der Waals surface area contributed by atoms with Gasteiger partial charge < -0.3 is 19.7 Å². The largest absolute Gasteiger partial charge is 0.493 e. The first kappa shape index (κ1) is 15.6. The van der Waals surface area contributed by atoms with E-state index < -0.39 is 0 Å². The minimum Gasteiger partial charge on any atom is -0.493 e. The second-order valence-corrected chi connectivity index (χ2v) is 5.52. The van der Waals surface area contributed by atoms with Crippen molar-refractivity contribution in [1.29, 1.82) is 0 Å². The van der Waals surface area contributed by atoms with Crippen molar-refractivity contribution in [1.82, 2.24) is 0 Å². The SMILES string of the molecule is CCOc1ccc(Cl)cc1C[NH2+]CC[NH+]1CCOCC1. The van der Waals surface area contributed by atoms with Gasteiger partial charge >= 0.3 is 0 Å². The molecule has 0 spiro atoms. The molecule has 0 aromatic heterocycles. The average molecular weight is 301 g/mol. The van der Waals surface area contributed by atoms with Crippen molar-refractivity contribution in [2.24, 2.45) is 0 Å². The molecule has 3 N–H and O–H groups in total. The van der Waals surface area contributed by atoms with Gasteiger partial charge in [-0.1, -0.05) is 11.6 Å². The number of nitrogens with one attached hydrogen (secondary N) is 1. The van der Waals surface area contributed by atoms with Crippen LogP contribution in [0.3, 0.4) is 0 Å². The van der Waals surface area contributed by atoms with E-state index in [4.69, 9.17) is 21.1 Å². The lowest BCUT2D eigenvalue weighted by molar-refractivity contribution is -0.920. The Morgan fingerprint density at radius 2 is 2.15 bits per heavy atom. The Labute approximate surface area is 126 Å². The van der Waals surface area contributed by atoms with Crippen LogP contribution in [-0.2, 0) is 11.3 Å². The highest BCUT2D eigenvalue weighted by molar-refractivity contribution is 6.30. The van der Waals surface area contributed by atoms with E-state index in [9.17, 15) is 0 Å². The number of halogens is 1. The lowest BCUT2D eigenvalue weighted by Gasteiger charge is -2.22. The summed E-state index contributed by atoms with van der Waals surface area (Å²) in [6, 6.07) is 5.85. The molecule has 4 nitrogen and oxygen atoms in total. The first-order valence-corrected chi connectivity index (χ1v) is 7.81. The zero-order chi connectivity index (χ0) is 14.2. The molecule has 0 saturated carbocycles. The normalized spacial score (nSPS) is 16.3. The molecule has 20 heavy (non-hydrogen) atoms. The van der Waals surface area contributed by atoms with Gasteiger partial charge in [0.15, 0.2) is 0 Å². The quantitative estimate of drug-likeness (QED) is 0.680. The summed E-state index contributed by atoms with van der Waals surface area (Å²) in [5.74, 6) is 0.951. The van der Waals surface area contributed by atoms with Crippen molar-refractivity contribution in [2.75, 3.05) is 46.0 Å². The fourth-order valence-electron chi connectivity index (χ4n) is 2.48. The first-order chi connectivity index (χ1) is 9.79. The smallest absolute Gasteiger partial charge is 0.128 e. The highest BCUT2D eigenvalue weighted by atomic mass is 35.5. The standard InChI is InChI=1S/C15H23ClN2O2/c1-2-20-15-4-3-14(16)11-13(15)12-17-5-6-18-7-9-19-10-8-18/h3-4,11,17H,2,5-10,12H2,1H3/p+2. The molecule has 1 aromatic carbocycles. The number of morpholine rings is 1. The summed E-state index contributed by atoms with van der Waals surface area (Å²) < 4.78 is 11.0. The molecule has 1 heterocycles. The summed E-state index contributed by atoms with van der Waals surface area (Å²) in [4.78, 5) is 1.64. The van der Waals surface area contributed by atoms with E-state index in [1.165, 1.54) is 12.1 Å². The Kier molecular flexibility index (Phi) is 6.60. The number of ether oxygens (including phenoxy) is 2. The van der Waals surface area contributed by atoms with Gasteiger partial charge in [0.2, 0.25) is 0 Å². The van der Waals surface area contributed by atoms with Crippen LogP contribution in [0, 0.1) is 0 Å². The van der Waals surface area contributed by atoms with Crippen molar-refractivity contribution < 1.29 is 19.7 Å². The van der Waals surface area contributed by atoms with Gasteiger partial charge in [0, 0.05) is 10.6 Å². The maximum Gasteiger partial charge on any atom is 0.128 e. The molecule has 0 unspecified atom stereocenters. The zero-order valence-corrected chi connectivity index (χ0v) is 12.9. The van der Waals surface area contributed by atoms with E-state index in [2.05, 4.69) is 5.32 Å². The topological polar surface area (TPSA) is 39.5 Å². The summed E-state index contributed by atoms with van der Waals surface area (Å²) in [6.07, 6.45) is 0. The molecular weight excluding hydrogens is 276 g/mol. The second kappa shape index (κ2) is 8.47. The van der Waals surface area contributed by atoms with Crippen molar-refractivity contribution in [2.45, 2.75) is 13.5 Å². The third-order valence-corrected chi connectivity index (χ3v) is 3.82. The van der Waals surface area contributed by atoms with E-state index in [-0.39, 0.29) is 0 Å². The lowest BCUT2D eigenvalue weighted by Crippen LogP contribution is -3.16. The van der Waals surface area contributed by atoms with E-state index in [1.807, 2.05) is 25.1 Å². The van der Waals surface area contributed by atoms with Gasteiger partial charge in [-0.3, -0.25) is 0 Å². The first-order valence-electron chi connectivity index (χ1n) is 7.43. The Bertz CT molecular complexity index is 409. The van der Waals surface area contributed by atoms with E-state index in [0.29, 0.717) is 6.61 Å². The van der Waals surface area contributed by atoms with Crippen LogP contribution in [0.1, 0.15) is 12.5 Å².